The van der Waals surface area contributed by atoms with E-state index >= 15 is 0 Å². The van der Waals surface area contributed by atoms with Crippen LogP contribution in [0.4, 0.5) is 0 Å². The Bertz CT molecular complexity index is 742. The number of nitrogens with one attached hydrogen (secondary N) is 1. The van der Waals surface area contributed by atoms with Crippen molar-refractivity contribution in [3.8, 4) is 0 Å². The van der Waals surface area contributed by atoms with Gasteiger partial charge < -0.3 is 14.6 Å². The predicted molar refractivity (Wildman–Crippen MR) is 94.1 cm³/mol. The summed E-state index contributed by atoms with van der Waals surface area (Å²) in [7, 11) is -2.02. The number of hydrogen-bond donors (Lipinski definition) is 1. The fraction of sp³-hybridized carbons (Fsp3) is 0.765. The van der Waals surface area contributed by atoms with Gasteiger partial charge in [0.05, 0.1) is 0 Å². The smallest absolute Gasteiger partial charge is 0.248 e. The Labute approximate surface area is 154 Å². The number of methoxy groups -OCH3 is 1. The molecule has 0 bridgehead atoms. The zero-order chi connectivity index (χ0) is 18.9. The summed E-state index contributed by atoms with van der Waals surface area (Å²) in [5.41, 5.74) is -0.0266. The fourth-order valence-electron chi connectivity index (χ4n) is 3.57. The molecule has 9 heteroatoms. The van der Waals surface area contributed by atoms with E-state index in [0.29, 0.717) is 50.4 Å². The Balaban J connectivity index is 1.73. The first-order valence-corrected chi connectivity index (χ1v) is 10.5. The number of aromatic nitrogens is 1. The number of rotatable bonds is 7. The average molecular weight is 385 g/mol. The molecule has 0 radical (unpaired) electrons. The summed E-state index contributed by atoms with van der Waals surface area (Å²) in [6.07, 6.45) is 3.70. The maximum atomic E-state index is 13.0. The SMILES string of the molecule is COCCC1(NC(=O)C2CC2)CCN(S(=O)(=O)c2c(C)noc2C)CC1. The zero-order valence-corrected chi connectivity index (χ0v) is 16.4. The molecule has 2 heterocycles. The highest BCUT2D eigenvalue weighted by Gasteiger charge is 2.42. The molecule has 8 nitrogen and oxygen atoms in total. The second-order valence-corrected chi connectivity index (χ2v) is 9.22. The normalized spacial score (nSPS) is 20.9. The fourth-order valence-corrected chi connectivity index (χ4v) is 5.30. The molecule has 1 aliphatic carbocycles. The van der Waals surface area contributed by atoms with E-state index in [-0.39, 0.29) is 16.7 Å². The molecule has 146 valence electrons. The van der Waals surface area contributed by atoms with Gasteiger partial charge in [-0.3, -0.25) is 4.79 Å². The van der Waals surface area contributed by atoms with Crippen LogP contribution in [0.3, 0.4) is 0 Å². The third-order valence-corrected chi connectivity index (χ3v) is 7.51. The summed E-state index contributed by atoms with van der Waals surface area (Å²) in [5.74, 6) is 0.516. The van der Waals surface area contributed by atoms with Gasteiger partial charge in [-0.25, -0.2) is 8.42 Å². The molecular formula is C17H27N3O5S. The molecule has 0 spiro atoms. The van der Waals surface area contributed by atoms with Crippen molar-refractivity contribution in [3.63, 3.8) is 0 Å². The van der Waals surface area contributed by atoms with E-state index in [1.165, 1.54) is 4.31 Å². The molecular weight excluding hydrogens is 358 g/mol. The molecule has 26 heavy (non-hydrogen) atoms. The molecule has 2 fully saturated rings. The van der Waals surface area contributed by atoms with Crippen LogP contribution in [0.15, 0.2) is 9.42 Å². The number of carbonyl (C=O) groups excluding carboxylic acids is 1. The minimum atomic E-state index is -3.65. The highest BCUT2D eigenvalue weighted by molar-refractivity contribution is 7.89. The predicted octanol–water partition coefficient (Wildman–Crippen LogP) is 1.38. The first kappa shape index (κ1) is 19.3. The quantitative estimate of drug-likeness (QED) is 0.761. The number of aryl methyl sites for hydroxylation is 2. The molecule has 0 aromatic carbocycles. The highest BCUT2D eigenvalue weighted by Crippen LogP contribution is 2.34. The van der Waals surface area contributed by atoms with Gasteiger partial charge in [-0.05, 0) is 46.0 Å². The van der Waals surface area contributed by atoms with Crippen LogP contribution in [0.2, 0.25) is 0 Å². The third-order valence-electron chi connectivity index (χ3n) is 5.37. The van der Waals surface area contributed by atoms with E-state index in [9.17, 15) is 13.2 Å². The van der Waals surface area contributed by atoms with Gasteiger partial charge in [-0.15, -0.1) is 0 Å². The number of ether oxygens (including phenoxy) is 1. The average Bonchev–Trinajstić information content (AvgIpc) is 3.39. The summed E-state index contributed by atoms with van der Waals surface area (Å²) in [5, 5.41) is 6.95. The molecule has 1 saturated carbocycles. The Morgan fingerprint density at radius 3 is 2.50 bits per heavy atom. The van der Waals surface area contributed by atoms with Crippen molar-refractivity contribution in [2.45, 2.75) is 56.4 Å². The van der Waals surface area contributed by atoms with E-state index < -0.39 is 15.6 Å². The summed E-state index contributed by atoms with van der Waals surface area (Å²) < 4.78 is 37.6. The summed E-state index contributed by atoms with van der Waals surface area (Å²) in [4.78, 5) is 12.4. The first-order chi connectivity index (χ1) is 12.3. The zero-order valence-electron chi connectivity index (χ0n) is 15.6. The molecule has 3 rings (SSSR count). The molecule has 1 amide bonds. The van der Waals surface area contributed by atoms with Gasteiger partial charge >= 0.3 is 0 Å². The minimum absolute atomic E-state index is 0.0862. The summed E-state index contributed by atoms with van der Waals surface area (Å²) in [6, 6.07) is 0. The van der Waals surface area contributed by atoms with Gasteiger partial charge in [0, 0.05) is 38.3 Å². The summed E-state index contributed by atoms with van der Waals surface area (Å²) in [6.45, 7) is 4.46. The lowest BCUT2D eigenvalue weighted by Gasteiger charge is -2.42. The lowest BCUT2D eigenvalue weighted by atomic mass is 9.85. The van der Waals surface area contributed by atoms with E-state index in [4.69, 9.17) is 9.26 Å². The van der Waals surface area contributed by atoms with E-state index in [2.05, 4.69) is 10.5 Å². The maximum Gasteiger partial charge on any atom is 0.248 e. The molecule has 0 unspecified atom stereocenters. The second kappa shape index (κ2) is 7.28. The molecule has 1 aromatic rings. The van der Waals surface area contributed by atoms with Gasteiger partial charge in [0.25, 0.3) is 0 Å². The molecule has 2 aliphatic rings. The number of piperidine rings is 1. The molecule has 0 atom stereocenters. The van der Waals surface area contributed by atoms with Crippen LogP contribution in [-0.4, -0.2) is 56.1 Å². The number of nitrogens with zero attached hydrogens (tertiary/aromatic N) is 2. The number of sulfonamides is 1. The number of carbonyl (C=O) groups is 1. The van der Waals surface area contributed by atoms with Crippen molar-refractivity contribution in [1.29, 1.82) is 0 Å². The van der Waals surface area contributed by atoms with Crippen LogP contribution in [0, 0.1) is 19.8 Å². The Morgan fingerprint density at radius 2 is 2.00 bits per heavy atom. The van der Waals surface area contributed by atoms with Crippen molar-refractivity contribution in [2.24, 2.45) is 5.92 Å². The van der Waals surface area contributed by atoms with Gasteiger partial charge in [0.1, 0.15) is 10.6 Å². The molecule has 1 aromatic heterocycles. The van der Waals surface area contributed by atoms with Crippen LogP contribution in [0.1, 0.15) is 43.6 Å². The van der Waals surface area contributed by atoms with Gasteiger partial charge in [-0.2, -0.15) is 4.31 Å². The molecule has 1 aliphatic heterocycles. The number of hydrogen-bond acceptors (Lipinski definition) is 6. The molecule has 1 saturated heterocycles. The van der Waals surface area contributed by atoms with Crippen molar-refractivity contribution >= 4 is 15.9 Å². The van der Waals surface area contributed by atoms with Gasteiger partial charge in [-0.1, -0.05) is 5.16 Å². The van der Waals surface area contributed by atoms with Crippen molar-refractivity contribution in [2.75, 3.05) is 26.8 Å². The van der Waals surface area contributed by atoms with Crippen LogP contribution < -0.4 is 5.32 Å². The minimum Gasteiger partial charge on any atom is -0.385 e. The lowest BCUT2D eigenvalue weighted by Crippen LogP contribution is -2.57. The second-order valence-electron chi connectivity index (χ2n) is 7.34. The van der Waals surface area contributed by atoms with Crippen LogP contribution in [-0.2, 0) is 19.6 Å². The van der Waals surface area contributed by atoms with Crippen molar-refractivity contribution in [1.82, 2.24) is 14.8 Å². The van der Waals surface area contributed by atoms with E-state index in [0.717, 1.165) is 12.8 Å². The van der Waals surface area contributed by atoms with Crippen LogP contribution >= 0.6 is 0 Å². The van der Waals surface area contributed by atoms with Crippen molar-refractivity contribution < 1.29 is 22.5 Å². The topological polar surface area (TPSA) is 102 Å². The largest absolute Gasteiger partial charge is 0.385 e. The molecule has 1 N–H and O–H groups in total. The first-order valence-electron chi connectivity index (χ1n) is 9.03. The lowest BCUT2D eigenvalue weighted by molar-refractivity contribution is -0.125. The van der Waals surface area contributed by atoms with E-state index in [1.807, 2.05) is 0 Å². The summed E-state index contributed by atoms with van der Waals surface area (Å²) >= 11 is 0. The standard InChI is InChI=1S/C17H27N3O5S/c1-12-15(13(2)25-19-12)26(22,23)20-9-6-17(7-10-20,8-11-24-3)18-16(21)14-4-5-14/h14H,4-11H2,1-3H3,(H,18,21). The Morgan fingerprint density at radius 1 is 1.35 bits per heavy atom. The van der Waals surface area contributed by atoms with E-state index in [1.54, 1.807) is 21.0 Å². The van der Waals surface area contributed by atoms with Crippen LogP contribution in [0.5, 0.6) is 0 Å². The Kier molecular flexibility index (Phi) is 5.41. The van der Waals surface area contributed by atoms with Crippen LogP contribution in [0.25, 0.3) is 0 Å². The van der Waals surface area contributed by atoms with Gasteiger partial charge in [0.15, 0.2) is 5.76 Å². The monoisotopic (exact) mass is 385 g/mol. The maximum absolute atomic E-state index is 13.0. The number of amides is 1. The highest BCUT2D eigenvalue weighted by atomic mass is 32.2. The Hall–Kier alpha value is -1.45. The van der Waals surface area contributed by atoms with Crippen molar-refractivity contribution in [3.05, 3.63) is 11.5 Å². The van der Waals surface area contributed by atoms with Gasteiger partial charge in [0.2, 0.25) is 15.9 Å². The third kappa shape index (κ3) is 3.79.